The Balaban J connectivity index is 2.20. The predicted molar refractivity (Wildman–Crippen MR) is 85.4 cm³/mol. The Morgan fingerprint density at radius 2 is 1.90 bits per heavy atom. The van der Waals surface area contributed by atoms with Crippen LogP contribution in [0.25, 0.3) is 0 Å². The van der Waals surface area contributed by atoms with E-state index in [0.717, 1.165) is 18.2 Å². The lowest BCUT2D eigenvalue weighted by atomic mass is 10.1. The third-order valence-electron chi connectivity index (χ3n) is 3.64. The molecule has 1 aromatic carbocycles. The number of imidazole rings is 1. The Labute approximate surface area is 122 Å². The smallest absolute Gasteiger partial charge is 0.203 e. The molecule has 0 saturated carbocycles. The second-order valence-electron chi connectivity index (χ2n) is 5.48. The van der Waals surface area contributed by atoms with Crippen LogP contribution in [0.5, 0.6) is 0 Å². The molecule has 3 heteroatoms. The van der Waals surface area contributed by atoms with Gasteiger partial charge in [-0.15, -0.1) is 0 Å². The molecule has 0 aliphatic carbocycles. The van der Waals surface area contributed by atoms with Crippen molar-refractivity contribution in [3.8, 4) is 0 Å². The summed E-state index contributed by atoms with van der Waals surface area (Å²) >= 11 is 0. The molecule has 1 unspecified atom stereocenters. The van der Waals surface area contributed by atoms with Gasteiger partial charge in [-0.2, -0.15) is 0 Å². The summed E-state index contributed by atoms with van der Waals surface area (Å²) in [6, 6.07) is 9.02. The van der Waals surface area contributed by atoms with Gasteiger partial charge in [-0.25, -0.2) is 4.98 Å². The lowest BCUT2D eigenvalue weighted by molar-refractivity contribution is 0.641. The summed E-state index contributed by atoms with van der Waals surface area (Å²) in [5, 5.41) is 3.45. The Hall–Kier alpha value is -1.77. The Kier molecular flexibility index (Phi) is 4.83. The van der Waals surface area contributed by atoms with Gasteiger partial charge in [0.25, 0.3) is 0 Å². The molecule has 0 fully saturated rings. The monoisotopic (exact) mass is 271 g/mol. The largest absolute Gasteiger partial charge is 0.356 e. The summed E-state index contributed by atoms with van der Waals surface area (Å²) in [6.07, 6.45) is 4.49. The van der Waals surface area contributed by atoms with Crippen molar-refractivity contribution < 1.29 is 0 Å². The van der Waals surface area contributed by atoms with E-state index >= 15 is 0 Å². The van der Waals surface area contributed by atoms with Gasteiger partial charge in [0.2, 0.25) is 5.95 Å². The number of aromatic nitrogens is 2. The number of hydrogen-bond acceptors (Lipinski definition) is 2. The van der Waals surface area contributed by atoms with Crippen molar-refractivity contribution in [1.82, 2.24) is 9.55 Å². The molecular formula is C17H25N3. The second kappa shape index (κ2) is 6.60. The molecule has 0 aliphatic rings. The number of aryl methyl sites for hydroxylation is 2. The van der Waals surface area contributed by atoms with Gasteiger partial charge >= 0.3 is 0 Å². The average Bonchev–Trinajstić information content (AvgIpc) is 2.80. The third-order valence-corrected chi connectivity index (χ3v) is 3.64. The number of benzene rings is 1. The standard InChI is InChI=1S/C17H25N3/c1-5-6-11-18-17-19-14(3)12-20(17)15(4)16-9-7-13(2)8-10-16/h7-10,12,15H,5-6,11H2,1-4H3,(H,18,19). The first-order chi connectivity index (χ1) is 9.61. The number of anilines is 1. The van der Waals surface area contributed by atoms with Crippen LogP contribution in [0.2, 0.25) is 0 Å². The highest BCUT2D eigenvalue weighted by Crippen LogP contribution is 2.23. The summed E-state index contributed by atoms with van der Waals surface area (Å²) in [5.74, 6) is 0.976. The summed E-state index contributed by atoms with van der Waals surface area (Å²) in [5.41, 5.74) is 3.67. The molecule has 0 spiro atoms. The fourth-order valence-electron chi connectivity index (χ4n) is 2.32. The molecule has 1 aromatic heterocycles. The Morgan fingerprint density at radius 1 is 1.20 bits per heavy atom. The zero-order chi connectivity index (χ0) is 14.5. The summed E-state index contributed by atoms with van der Waals surface area (Å²) < 4.78 is 2.23. The van der Waals surface area contributed by atoms with Gasteiger partial charge in [-0.05, 0) is 32.8 Å². The van der Waals surface area contributed by atoms with Gasteiger partial charge in [0.1, 0.15) is 0 Å². The first-order valence-corrected chi connectivity index (χ1v) is 7.47. The van der Waals surface area contributed by atoms with Crippen LogP contribution < -0.4 is 5.32 Å². The maximum absolute atomic E-state index is 4.60. The molecule has 0 radical (unpaired) electrons. The van der Waals surface area contributed by atoms with Gasteiger partial charge in [0.15, 0.2) is 0 Å². The van der Waals surface area contributed by atoms with E-state index in [1.165, 1.54) is 24.0 Å². The molecule has 2 aromatic rings. The fourth-order valence-corrected chi connectivity index (χ4v) is 2.32. The van der Waals surface area contributed by atoms with E-state index in [9.17, 15) is 0 Å². The van der Waals surface area contributed by atoms with Crippen LogP contribution in [0.1, 0.15) is 49.6 Å². The number of hydrogen-bond donors (Lipinski definition) is 1. The highest BCUT2D eigenvalue weighted by atomic mass is 15.2. The zero-order valence-corrected chi connectivity index (χ0v) is 13.0. The lowest BCUT2D eigenvalue weighted by Gasteiger charge is -2.17. The van der Waals surface area contributed by atoms with Crippen molar-refractivity contribution >= 4 is 5.95 Å². The van der Waals surface area contributed by atoms with Crippen LogP contribution >= 0.6 is 0 Å². The van der Waals surface area contributed by atoms with Crippen molar-refractivity contribution in [2.45, 2.75) is 46.6 Å². The van der Waals surface area contributed by atoms with Crippen molar-refractivity contribution in [3.63, 3.8) is 0 Å². The molecule has 0 aliphatic heterocycles. The van der Waals surface area contributed by atoms with E-state index in [1.54, 1.807) is 0 Å². The number of unbranched alkanes of at least 4 members (excludes halogenated alkanes) is 1. The van der Waals surface area contributed by atoms with Crippen LogP contribution in [0, 0.1) is 13.8 Å². The van der Waals surface area contributed by atoms with Gasteiger partial charge < -0.3 is 9.88 Å². The summed E-state index contributed by atoms with van der Waals surface area (Å²) in [4.78, 5) is 4.60. The zero-order valence-electron chi connectivity index (χ0n) is 13.0. The fraction of sp³-hybridized carbons (Fsp3) is 0.471. The topological polar surface area (TPSA) is 29.9 Å². The Bertz CT molecular complexity index is 540. The van der Waals surface area contributed by atoms with Crippen molar-refractivity contribution in [2.75, 3.05) is 11.9 Å². The number of nitrogens with zero attached hydrogens (tertiary/aromatic N) is 2. The molecule has 1 atom stereocenters. The van der Waals surface area contributed by atoms with Crippen LogP contribution in [0.4, 0.5) is 5.95 Å². The van der Waals surface area contributed by atoms with Gasteiger partial charge in [-0.3, -0.25) is 0 Å². The molecule has 108 valence electrons. The second-order valence-corrected chi connectivity index (χ2v) is 5.48. The molecule has 1 heterocycles. The van der Waals surface area contributed by atoms with Crippen LogP contribution in [-0.4, -0.2) is 16.1 Å². The van der Waals surface area contributed by atoms with E-state index in [4.69, 9.17) is 0 Å². The van der Waals surface area contributed by atoms with E-state index in [0.29, 0.717) is 6.04 Å². The molecule has 3 nitrogen and oxygen atoms in total. The molecule has 1 N–H and O–H groups in total. The molecule has 0 saturated heterocycles. The van der Waals surface area contributed by atoms with Crippen molar-refractivity contribution in [3.05, 3.63) is 47.3 Å². The van der Waals surface area contributed by atoms with Gasteiger partial charge in [-0.1, -0.05) is 43.2 Å². The number of nitrogens with one attached hydrogen (secondary N) is 1. The predicted octanol–water partition coefficient (Wildman–Crippen LogP) is 4.32. The van der Waals surface area contributed by atoms with Gasteiger partial charge in [0, 0.05) is 12.7 Å². The van der Waals surface area contributed by atoms with Crippen molar-refractivity contribution in [1.29, 1.82) is 0 Å². The van der Waals surface area contributed by atoms with Crippen LogP contribution in [-0.2, 0) is 0 Å². The average molecular weight is 271 g/mol. The van der Waals surface area contributed by atoms with E-state index in [1.807, 2.05) is 6.92 Å². The van der Waals surface area contributed by atoms with Gasteiger partial charge in [0.05, 0.1) is 11.7 Å². The minimum Gasteiger partial charge on any atom is -0.356 e. The first kappa shape index (κ1) is 14.6. The maximum atomic E-state index is 4.60. The normalized spacial score (nSPS) is 12.4. The minimum absolute atomic E-state index is 0.293. The molecule has 0 amide bonds. The van der Waals surface area contributed by atoms with E-state index in [2.05, 4.69) is 66.1 Å². The van der Waals surface area contributed by atoms with Crippen LogP contribution in [0.3, 0.4) is 0 Å². The molecule has 2 rings (SSSR count). The number of rotatable bonds is 6. The maximum Gasteiger partial charge on any atom is 0.203 e. The molecule has 20 heavy (non-hydrogen) atoms. The quantitative estimate of drug-likeness (QED) is 0.793. The van der Waals surface area contributed by atoms with Crippen LogP contribution in [0.15, 0.2) is 30.5 Å². The molecular weight excluding hydrogens is 246 g/mol. The Morgan fingerprint density at radius 3 is 2.55 bits per heavy atom. The highest BCUT2D eigenvalue weighted by Gasteiger charge is 2.13. The molecule has 0 bridgehead atoms. The third kappa shape index (κ3) is 3.41. The highest BCUT2D eigenvalue weighted by molar-refractivity contribution is 5.33. The first-order valence-electron chi connectivity index (χ1n) is 7.47. The minimum atomic E-state index is 0.293. The van der Waals surface area contributed by atoms with E-state index < -0.39 is 0 Å². The van der Waals surface area contributed by atoms with Crippen molar-refractivity contribution in [2.24, 2.45) is 0 Å². The summed E-state index contributed by atoms with van der Waals surface area (Å²) in [7, 11) is 0. The van der Waals surface area contributed by atoms with E-state index in [-0.39, 0.29) is 0 Å². The SMILES string of the molecule is CCCCNc1nc(C)cn1C(C)c1ccc(C)cc1. The lowest BCUT2D eigenvalue weighted by Crippen LogP contribution is -2.12. The summed E-state index contributed by atoms with van der Waals surface area (Å²) in [6.45, 7) is 9.57.